The molecule has 120 valence electrons. The maximum absolute atomic E-state index is 12.0. The summed E-state index contributed by atoms with van der Waals surface area (Å²) in [6, 6.07) is 7.81. The third kappa shape index (κ3) is 4.76. The molecule has 0 radical (unpaired) electrons. The Hall–Kier alpha value is -2.04. The molecule has 1 aliphatic rings. The zero-order valence-electron chi connectivity index (χ0n) is 13.4. The van der Waals surface area contributed by atoms with E-state index in [-0.39, 0.29) is 17.9 Å². The summed E-state index contributed by atoms with van der Waals surface area (Å²) in [6.45, 7) is 0.712. The van der Waals surface area contributed by atoms with Crippen LogP contribution >= 0.6 is 0 Å². The summed E-state index contributed by atoms with van der Waals surface area (Å²) in [4.78, 5) is 25.9. The molecule has 5 nitrogen and oxygen atoms in total. The topological polar surface area (TPSA) is 61.4 Å². The minimum atomic E-state index is -0.369. The quantitative estimate of drug-likeness (QED) is 0.866. The van der Waals surface area contributed by atoms with Gasteiger partial charge in [-0.25, -0.2) is 0 Å². The number of hydrogen-bond acceptors (Lipinski definition) is 3. The van der Waals surface area contributed by atoms with Crippen LogP contribution in [-0.2, 0) is 16.0 Å². The van der Waals surface area contributed by atoms with Gasteiger partial charge in [0, 0.05) is 32.7 Å². The molecule has 5 heteroatoms. The highest BCUT2D eigenvalue weighted by Gasteiger charge is 2.21. The van der Waals surface area contributed by atoms with Crippen molar-refractivity contribution in [2.24, 2.45) is 0 Å². The Kier molecular flexibility index (Phi) is 5.81. The number of carbonyl (C=O) groups is 2. The van der Waals surface area contributed by atoms with Crippen LogP contribution in [0, 0.1) is 0 Å². The molecule has 1 aliphatic heterocycles. The average Bonchev–Trinajstić information content (AvgIpc) is 2.70. The van der Waals surface area contributed by atoms with E-state index in [2.05, 4.69) is 10.6 Å². The van der Waals surface area contributed by atoms with Gasteiger partial charge in [0.25, 0.3) is 0 Å². The summed E-state index contributed by atoms with van der Waals surface area (Å²) < 4.78 is 0. The lowest BCUT2D eigenvalue weighted by molar-refractivity contribution is -0.128. The number of nitrogens with one attached hydrogen (secondary N) is 2. The van der Waals surface area contributed by atoms with E-state index in [0.29, 0.717) is 19.4 Å². The van der Waals surface area contributed by atoms with Crippen LogP contribution in [0.3, 0.4) is 0 Å². The van der Waals surface area contributed by atoms with Gasteiger partial charge in [-0.2, -0.15) is 0 Å². The van der Waals surface area contributed by atoms with Gasteiger partial charge in [-0.15, -0.1) is 0 Å². The van der Waals surface area contributed by atoms with Crippen LogP contribution in [0.15, 0.2) is 24.3 Å². The van der Waals surface area contributed by atoms with Crippen molar-refractivity contribution in [1.82, 2.24) is 10.6 Å². The second-order valence-electron chi connectivity index (χ2n) is 5.97. The van der Waals surface area contributed by atoms with E-state index in [0.717, 1.165) is 30.5 Å². The van der Waals surface area contributed by atoms with Gasteiger partial charge in [-0.05, 0) is 43.4 Å². The van der Waals surface area contributed by atoms with Crippen LogP contribution in [0.1, 0.15) is 31.2 Å². The summed E-state index contributed by atoms with van der Waals surface area (Å²) in [5.41, 5.74) is 2.27. The van der Waals surface area contributed by atoms with Crippen LogP contribution in [0.2, 0.25) is 0 Å². The summed E-state index contributed by atoms with van der Waals surface area (Å²) in [7, 11) is 4.00. The van der Waals surface area contributed by atoms with Gasteiger partial charge in [0.1, 0.15) is 6.04 Å². The van der Waals surface area contributed by atoms with Crippen molar-refractivity contribution in [3.63, 3.8) is 0 Å². The summed E-state index contributed by atoms with van der Waals surface area (Å²) in [5, 5.41) is 5.68. The smallest absolute Gasteiger partial charge is 0.242 e. The van der Waals surface area contributed by atoms with Crippen molar-refractivity contribution in [2.45, 2.75) is 38.1 Å². The monoisotopic (exact) mass is 303 g/mol. The molecule has 1 aromatic rings. The number of hydrogen-bond donors (Lipinski definition) is 2. The van der Waals surface area contributed by atoms with Gasteiger partial charge in [-0.3, -0.25) is 9.59 Å². The van der Waals surface area contributed by atoms with Crippen molar-refractivity contribution in [2.75, 3.05) is 25.5 Å². The highest BCUT2D eigenvalue weighted by Crippen LogP contribution is 2.13. The average molecular weight is 303 g/mol. The molecule has 1 aromatic carbocycles. The third-order valence-corrected chi connectivity index (χ3v) is 3.96. The fourth-order valence-corrected chi connectivity index (χ4v) is 2.56. The molecule has 0 spiro atoms. The Morgan fingerprint density at radius 3 is 2.68 bits per heavy atom. The molecule has 0 aliphatic carbocycles. The molecule has 0 bridgehead atoms. The lowest BCUT2D eigenvalue weighted by Crippen LogP contribution is -2.45. The number of amides is 2. The van der Waals surface area contributed by atoms with Crippen molar-refractivity contribution in [3.05, 3.63) is 29.8 Å². The molecule has 22 heavy (non-hydrogen) atoms. The Labute approximate surface area is 132 Å². The van der Waals surface area contributed by atoms with Gasteiger partial charge in [0.05, 0.1) is 0 Å². The van der Waals surface area contributed by atoms with E-state index >= 15 is 0 Å². The van der Waals surface area contributed by atoms with E-state index in [1.165, 1.54) is 0 Å². The molecule has 1 heterocycles. The van der Waals surface area contributed by atoms with Gasteiger partial charge < -0.3 is 15.5 Å². The number of rotatable bonds is 5. The molecule has 2 amide bonds. The fraction of sp³-hybridized carbons (Fsp3) is 0.529. The molecule has 1 atom stereocenters. The van der Waals surface area contributed by atoms with Crippen molar-refractivity contribution >= 4 is 17.5 Å². The summed E-state index contributed by atoms with van der Waals surface area (Å²) in [5.74, 6) is -0.111. The van der Waals surface area contributed by atoms with E-state index in [1.807, 2.05) is 43.3 Å². The molecular weight excluding hydrogens is 278 g/mol. The van der Waals surface area contributed by atoms with Crippen molar-refractivity contribution in [3.8, 4) is 0 Å². The van der Waals surface area contributed by atoms with Gasteiger partial charge in [0.2, 0.25) is 11.8 Å². The number of aryl methyl sites for hydroxylation is 1. The molecule has 1 saturated heterocycles. The molecular formula is C17H25N3O2. The van der Waals surface area contributed by atoms with Crippen LogP contribution < -0.4 is 15.5 Å². The maximum Gasteiger partial charge on any atom is 0.242 e. The lowest BCUT2D eigenvalue weighted by Gasteiger charge is -2.15. The number of benzene rings is 1. The molecule has 1 fully saturated rings. The predicted molar refractivity (Wildman–Crippen MR) is 87.9 cm³/mol. The highest BCUT2D eigenvalue weighted by molar-refractivity contribution is 5.87. The lowest BCUT2D eigenvalue weighted by atomic mass is 10.1. The number of anilines is 1. The Morgan fingerprint density at radius 1 is 1.27 bits per heavy atom. The zero-order valence-corrected chi connectivity index (χ0v) is 13.4. The first-order chi connectivity index (χ1) is 10.6. The van der Waals surface area contributed by atoms with E-state index < -0.39 is 0 Å². The third-order valence-electron chi connectivity index (χ3n) is 3.96. The second-order valence-corrected chi connectivity index (χ2v) is 5.97. The van der Waals surface area contributed by atoms with Crippen LogP contribution in [0.5, 0.6) is 0 Å². The van der Waals surface area contributed by atoms with E-state index in [9.17, 15) is 9.59 Å². The summed E-state index contributed by atoms with van der Waals surface area (Å²) in [6.07, 6.45) is 3.78. The van der Waals surface area contributed by atoms with Crippen LogP contribution in [0.4, 0.5) is 5.69 Å². The molecule has 0 saturated carbocycles. The second kappa shape index (κ2) is 7.82. The SMILES string of the molecule is CN(C)c1ccc(CCC(=O)N[C@@H]2CCCCNC2=O)cc1. The van der Waals surface area contributed by atoms with Gasteiger partial charge >= 0.3 is 0 Å². The van der Waals surface area contributed by atoms with E-state index in [4.69, 9.17) is 0 Å². The van der Waals surface area contributed by atoms with E-state index in [1.54, 1.807) is 0 Å². The first kappa shape index (κ1) is 16.3. The summed E-state index contributed by atoms with van der Waals surface area (Å²) >= 11 is 0. The first-order valence-electron chi connectivity index (χ1n) is 7.89. The fourth-order valence-electron chi connectivity index (χ4n) is 2.56. The number of nitrogens with zero attached hydrogens (tertiary/aromatic N) is 1. The normalized spacial score (nSPS) is 18.3. The van der Waals surface area contributed by atoms with Gasteiger partial charge in [0.15, 0.2) is 0 Å². The maximum atomic E-state index is 12.0. The minimum absolute atomic E-state index is 0.0545. The Morgan fingerprint density at radius 2 is 2.00 bits per heavy atom. The van der Waals surface area contributed by atoms with Crippen molar-refractivity contribution < 1.29 is 9.59 Å². The molecule has 0 aromatic heterocycles. The highest BCUT2D eigenvalue weighted by atomic mass is 16.2. The van der Waals surface area contributed by atoms with Crippen LogP contribution in [-0.4, -0.2) is 38.5 Å². The largest absolute Gasteiger partial charge is 0.378 e. The molecule has 2 rings (SSSR count). The zero-order chi connectivity index (χ0) is 15.9. The predicted octanol–water partition coefficient (Wildman–Crippen LogP) is 1.47. The van der Waals surface area contributed by atoms with Crippen molar-refractivity contribution in [1.29, 1.82) is 0 Å². The molecule has 0 unspecified atom stereocenters. The molecule has 2 N–H and O–H groups in total. The minimum Gasteiger partial charge on any atom is -0.378 e. The van der Waals surface area contributed by atoms with Crippen LogP contribution in [0.25, 0.3) is 0 Å². The van der Waals surface area contributed by atoms with Gasteiger partial charge in [-0.1, -0.05) is 12.1 Å². The Balaban J connectivity index is 1.80. The Bertz CT molecular complexity index is 511. The standard InChI is InChI=1S/C17H25N3O2/c1-20(2)14-9-6-13(7-10-14)8-11-16(21)19-15-5-3-4-12-18-17(15)22/h6-7,9-10,15H,3-5,8,11-12H2,1-2H3,(H,18,22)(H,19,21)/t15-/m1/s1. The first-order valence-corrected chi connectivity index (χ1v) is 7.89. The number of carbonyl (C=O) groups excluding carboxylic acids is 2.